The van der Waals surface area contributed by atoms with Crippen LogP contribution in [-0.4, -0.2) is 34.8 Å². The van der Waals surface area contributed by atoms with E-state index in [-0.39, 0.29) is 24.4 Å². The molecule has 0 spiro atoms. The van der Waals surface area contributed by atoms with E-state index in [4.69, 9.17) is 4.74 Å². The van der Waals surface area contributed by atoms with Gasteiger partial charge in [0.2, 0.25) is 5.91 Å². The first kappa shape index (κ1) is 20.8. The fourth-order valence-corrected chi connectivity index (χ4v) is 4.40. The van der Waals surface area contributed by atoms with Gasteiger partial charge >= 0.3 is 0 Å². The van der Waals surface area contributed by atoms with Crippen molar-refractivity contribution in [1.29, 1.82) is 0 Å². The lowest BCUT2D eigenvalue weighted by Gasteiger charge is -2.25. The first-order chi connectivity index (χ1) is 16.2. The highest BCUT2D eigenvalue weighted by atomic mass is 16.5. The summed E-state index contributed by atoms with van der Waals surface area (Å²) in [5.74, 6) is 0.377. The minimum Gasteiger partial charge on any atom is -0.494 e. The first-order valence-electron chi connectivity index (χ1n) is 11.1. The molecule has 6 nitrogen and oxygen atoms in total. The standard InChI is InChI=1S/C27H25N3O3/c1-2-15-33-19-13-11-18(12-14-19)29-25(31)17-30-26(21-8-3-4-9-22(21)27(30)32)23-16-28-24-10-6-5-7-20(23)24/h3-14,16,26,28H,2,15,17H2,1H3,(H,29,31). The lowest BCUT2D eigenvalue weighted by molar-refractivity contribution is -0.117. The molecule has 1 aliphatic rings. The van der Waals surface area contributed by atoms with Crippen molar-refractivity contribution in [1.82, 2.24) is 9.88 Å². The van der Waals surface area contributed by atoms with Gasteiger partial charge in [-0.1, -0.05) is 43.3 Å². The number of carbonyl (C=O) groups excluding carboxylic acids is 2. The van der Waals surface area contributed by atoms with Crippen LogP contribution in [0.5, 0.6) is 5.75 Å². The number of carbonyl (C=O) groups is 2. The van der Waals surface area contributed by atoms with Crippen LogP contribution in [0, 0.1) is 0 Å². The summed E-state index contributed by atoms with van der Waals surface area (Å²) in [6.45, 7) is 2.65. The van der Waals surface area contributed by atoms with E-state index in [0.29, 0.717) is 17.9 Å². The summed E-state index contributed by atoms with van der Waals surface area (Å²) in [5, 5.41) is 3.95. The molecule has 166 valence electrons. The van der Waals surface area contributed by atoms with Gasteiger partial charge in [0.05, 0.1) is 12.6 Å². The molecule has 0 radical (unpaired) electrons. The summed E-state index contributed by atoms with van der Waals surface area (Å²) >= 11 is 0. The molecule has 3 aromatic carbocycles. The van der Waals surface area contributed by atoms with Crippen LogP contribution in [0.15, 0.2) is 79.0 Å². The number of amides is 2. The molecule has 33 heavy (non-hydrogen) atoms. The number of aromatic nitrogens is 1. The van der Waals surface area contributed by atoms with E-state index < -0.39 is 0 Å². The van der Waals surface area contributed by atoms with E-state index in [2.05, 4.69) is 17.2 Å². The highest BCUT2D eigenvalue weighted by molar-refractivity contribution is 6.04. The number of anilines is 1. The molecular formula is C27H25N3O3. The van der Waals surface area contributed by atoms with Crippen molar-refractivity contribution in [3.63, 3.8) is 0 Å². The molecule has 1 unspecified atom stereocenters. The van der Waals surface area contributed by atoms with Crippen molar-refractivity contribution in [3.05, 3.63) is 95.7 Å². The van der Waals surface area contributed by atoms with Crippen molar-refractivity contribution < 1.29 is 14.3 Å². The molecule has 2 heterocycles. The Bertz CT molecular complexity index is 1310. The molecule has 2 N–H and O–H groups in total. The number of hydrogen-bond acceptors (Lipinski definition) is 3. The van der Waals surface area contributed by atoms with Crippen LogP contribution in [-0.2, 0) is 4.79 Å². The Kier molecular flexibility index (Phi) is 5.57. The van der Waals surface area contributed by atoms with Gasteiger partial charge in [-0.15, -0.1) is 0 Å². The second kappa shape index (κ2) is 8.82. The summed E-state index contributed by atoms with van der Waals surface area (Å²) in [6, 6.07) is 22.5. The third-order valence-electron chi connectivity index (χ3n) is 5.90. The van der Waals surface area contributed by atoms with E-state index in [1.807, 2.05) is 66.9 Å². The summed E-state index contributed by atoms with van der Waals surface area (Å²) in [5.41, 5.74) is 4.19. The number of hydrogen-bond donors (Lipinski definition) is 2. The van der Waals surface area contributed by atoms with Gasteiger partial charge in [-0.25, -0.2) is 0 Å². The molecule has 6 heteroatoms. The Balaban J connectivity index is 1.40. The number of benzene rings is 3. The Labute approximate surface area is 192 Å². The normalized spacial score (nSPS) is 15.0. The SMILES string of the molecule is CCCOc1ccc(NC(=O)CN2C(=O)c3ccccc3C2c2c[nH]c3ccccc23)cc1. The maximum atomic E-state index is 13.3. The van der Waals surface area contributed by atoms with Crippen molar-refractivity contribution in [2.75, 3.05) is 18.5 Å². The van der Waals surface area contributed by atoms with Crippen LogP contribution in [0.2, 0.25) is 0 Å². The number of nitrogens with zero attached hydrogens (tertiary/aromatic N) is 1. The quantitative estimate of drug-likeness (QED) is 0.419. The molecule has 4 aromatic rings. The number of para-hydroxylation sites is 1. The lowest BCUT2D eigenvalue weighted by atomic mass is 9.97. The van der Waals surface area contributed by atoms with Crippen LogP contribution < -0.4 is 10.1 Å². The largest absolute Gasteiger partial charge is 0.494 e. The number of H-pyrrole nitrogens is 1. The fourth-order valence-electron chi connectivity index (χ4n) is 4.40. The maximum Gasteiger partial charge on any atom is 0.255 e. The third kappa shape index (κ3) is 3.96. The van der Waals surface area contributed by atoms with E-state index in [1.165, 1.54) is 0 Å². The zero-order chi connectivity index (χ0) is 22.8. The van der Waals surface area contributed by atoms with Crippen LogP contribution in [0.25, 0.3) is 10.9 Å². The van der Waals surface area contributed by atoms with Crippen molar-refractivity contribution >= 4 is 28.4 Å². The smallest absolute Gasteiger partial charge is 0.255 e. The zero-order valence-electron chi connectivity index (χ0n) is 18.4. The first-order valence-corrected chi connectivity index (χ1v) is 11.1. The number of aromatic amines is 1. The summed E-state index contributed by atoms with van der Waals surface area (Å²) in [7, 11) is 0. The molecule has 5 rings (SSSR count). The van der Waals surface area contributed by atoms with Gasteiger partial charge in [-0.05, 0) is 48.4 Å². The molecule has 2 amide bonds. The number of nitrogens with one attached hydrogen (secondary N) is 2. The lowest BCUT2D eigenvalue weighted by Crippen LogP contribution is -2.36. The van der Waals surface area contributed by atoms with Gasteiger partial charge in [0.25, 0.3) is 5.91 Å². The molecule has 0 saturated carbocycles. The van der Waals surface area contributed by atoms with Gasteiger partial charge in [0.1, 0.15) is 12.3 Å². The van der Waals surface area contributed by atoms with Gasteiger partial charge in [-0.2, -0.15) is 0 Å². The average molecular weight is 440 g/mol. The predicted octanol–water partition coefficient (Wildman–Crippen LogP) is 5.14. The van der Waals surface area contributed by atoms with Gasteiger partial charge in [0, 0.05) is 33.9 Å². The molecule has 0 aliphatic carbocycles. The molecule has 1 atom stereocenters. The predicted molar refractivity (Wildman–Crippen MR) is 128 cm³/mol. The Morgan fingerprint density at radius 1 is 1.00 bits per heavy atom. The number of rotatable bonds is 7. The van der Waals surface area contributed by atoms with Gasteiger partial charge < -0.3 is 19.9 Å². The Morgan fingerprint density at radius 3 is 2.58 bits per heavy atom. The van der Waals surface area contributed by atoms with E-state index in [9.17, 15) is 9.59 Å². The van der Waals surface area contributed by atoms with Gasteiger partial charge in [0.15, 0.2) is 0 Å². The van der Waals surface area contributed by atoms with Crippen LogP contribution >= 0.6 is 0 Å². The van der Waals surface area contributed by atoms with Crippen molar-refractivity contribution in [3.8, 4) is 5.75 Å². The molecular weight excluding hydrogens is 414 g/mol. The number of fused-ring (bicyclic) bond motifs is 2. The van der Waals surface area contributed by atoms with E-state index >= 15 is 0 Å². The van der Waals surface area contributed by atoms with Gasteiger partial charge in [-0.3, -0.25) is 9.59 Å². The highest BCUT2D eigenvalue weighted by Gasteiger charge is 2.39. The highest BCUT2D eigenvalue weighted by Crippen LogP contribution is 2.40. The van der Waals surface area contributed by atoms with Crippen LogP contribution in [0.1, 0.15) is 40.9 Å². The molecule has 0 bridgehead atoms. The molecule has 0 fully saturated rings. The fraction of sp³-hybridized carbons (Fsp3) is 0.185. The van der Waals surface area contributed by atoms with Crippen molar-refractivity contribution in [2.24, 2.45) is 0 Å². The summed E-state index contributed by atoms with van der Waals surface area (Å²) in [6.07, 6.45) is 2.87. The maximum absolute atomic E-state index is 13.3. The topological polar surface area (TPSA) is 74.4 Å². The summed E-state index contributed by atoms with van der Waals surface area (Å²) < 4.78 is 5.59. The van der Waals surface area contributed by atoms with E-state index in [0.717, 1.165) is 34.2 Å². The minimum atomic E-state index is -0.333. The Morgan fingerprint density at radius 2 is 1.76 bits per heavy atom. The second-order valence-corrected chi connectivity index (χ2v) is 8.13. The minimum absolute atomic E-state index is 0.0498. The Hall–Kier alpha value is -4.06. The van der Waals surface area contributed by atoms with Crippen LogP contribution in [0.4, 0.5) is 5.69 Å². The second-order valence-electron chi connectivity index (χ2n) is 8.13. The molecule has 0 saturated heterocycles. The summed E-state index contributed by atoms with van der Waals surface area (Å²) in [4.78, 5) is 31.2. The zero-order valence-corrected chi connectivity index (χ0v) is 18.4. The molecule has 1 aliphatic heterocycles. The number of ether oxygens (including phenoxy) is 1. The van der Waals surface area contributed by atoms with Crippen LogP contribution in [0.3, 0.4) is 0 Å². The van der Waals surface area contributed by atoms with E-state index in [1.54, 1.807) is 17.0 Å². The average Bonchev–Trinajstić information content (AvgIpc) is 3.38. The monoisotopic (exact) mass is 439 g/mol. The van der Waals surface area contributed by atoms with Crippen molar-refractivity contribution in [2.45, 2.75) is 19.4 Å². The molecule has 1 aromatic heterocycles. The third-order valence-corrected chi connectivity index (χ3v) is 5.90.